The van der Waals surface area contributed by atoms with Crippen LogP contribution in [0.5, 0.6) is 5.75 Å². The van der Waals surface area contributed by atoms with Gasteiger partial charge in [-0.15, -0.1) is 0 Å². The smallest absolute Gasteiger partial charge is 0.334 e. The number of aromatic amines is 1. The maximum atomic E-state index is 12.6. The molecule has 8 nitrogen and oxygen atoms in total. The van der Waals surface area contributed by atoms with Gasteiger partial charge in [0.2, 0.25) is 0 Å². The summed E-state index contributed by atoms with van der Waals surface area (Å²) in [7, 11) is 1.43. The topological polar surface area (TPSA) is 106 Å². The molecule has 3 aromatic rings. The van der Waals surface area contributed by atoms with Gasteiger partial charge in [-0.1, -0.05) is 19.8 Å². The Morgan fingerprint density at radius 1 is 1.37 bits per heavy atom. The molecule has 0 aliphatic carbocycles. The number of rotatable bonds is 5. The Bertz CT molecular complexity index is 1240. The lowest BCUT2D eigenvalue weighted by Gasteiger charge is -2.09. The summed E-state index contributed by atoms with van der Waals surface area (Å²) in [4.78, 5) is 23.9. The highest BCUT2D eigenvalue weighted by molar-refractivity contribution is 8.13. The largest absolute Gasteiger partial charge is 0.407 e. The minimum Gasteiger partial charge on any atom is -0.407 e. The Morgan fingerprint density at radius 3 is 2.74 bits per heavy atom. The number of nitrogens with zero attached hydrogens (tertiary/aromatic N) is 3. The lowest BCUT2D eigenvalue weighted by atomic mass is 10.2. The monoisotopic (exact) mass is 406 g/mol. The summed E-state index contributed by atoms with van der Waals surface area (Å²) >= 11 is 0. The van der Waals surface area contributed by atoms with Crippen LogP contribution >= 0.6 is 10.7 Å². The fourth-order valence-corrected chi connectivity index (χ4v) is 3.53. The van der Waals surface area contributed by atoms with Crippen molar-refractivity contribution in [3.63, 3.8) is 0 Å². The standard InChI is InChI=1S/C17H15ClN4O4S/c1-4-6-13-16-20-15(21-17(23)22(16)10(3)19-13)12-9-11(27(18,24)25)7-8-14(12)26-5-2/h2,7-9H,4,6H2,1,3H3,(H,20,21,23). The third kappa shape index (κ3) is 3.54. The Hall–Kier alpha value is -2.83. The Kier molecular flexibility index (Phi) is 4.95. The predicted molar refractivity (Wildman–Crippen MR) is 100 cm³/mol. The molecule has 1 N–H and O–H groups in total. The van der Waals surface area contributed by atoms with Gasteiger partial charge in [-0.25, -0.2) is 27.6 Å². The number of nitrogens with one attached hydrogen (secondary N) is 1. The number of imidazole rings is 1. The van der Waals surface area contributed by atoms with E-state index >= 15 is 0 Å². The van der Waals surface area contributed by atoms with Crippen LogP contribution in [0.4, 0.5) is 0 Å². The van der Waals surface area contributed by atoms with E-state index < -0.39 is 14.7 Å². The van der Waals surface area contributed by atoms with Crippen LogP contribution in [0.3, 0.4) is 0 Å². The van der Waals surface area contributed by atoms with Crippen molar-refractivity contribution < 1.29 is 13.2 Å². The number of aryl methyl sites for hydroxylation is 2. The molecule has 0 unspecified atom stereocenters. The van der Waals surface area contributed by atoms with Crippen LogP contribution in [0.25, 0.3) is 17.0 Å². The summed E-state index contributed by atoms with van der Waals surface area (Å²) < 4.78 is 29.8. The van der Waals surface area contributed by atoms with Crippen molar-refractivity contribution in [1.29, 1.82) is 0 Å². The number of hydrogen-bond acceptors (Lipinski definition) is 6. The van der Waals surface area contributed by atoms with Gasteiger partial charge in [-0.3, -0.25) is 4.98 Å². The molecular weight excluding hydrogens is 392 g/mol. The Morgan fingerprint density at radius 2 is 2.11 bits per heavy atom. The molecule has 0 atom stereocenters. The van der Waals surface area contributed by atoms with Crippen LogP contribution in [0, 0.1) is 19.5 Å². The SMILES string of the molecule is C#COc1ccc(S(=O)(=O)Cl)cc1-c1nc2c(CCC)nc(C)n2c(=O)[nH]1. The summed E-state index contributed by atoms with van der Waals surface area (Å²) in [5.74, 6) is 0.755. The number of terminal acetylenes is 1. The second-order valence-electron chi connectivity index (χ2n) is 5.72. The second kappa shape index (κ2) is 7.06. The van der Waals surface area contributed by atoms with Gasteiger partial charge in [0.15, 0.2) is 11.4 Å². The molecule has 27 heavy (non-hydrogen) atoms. The number of halogens is 1. The van der Waals surface area contributed by atoms with E-state index in [0.717, 1.165) is 6.42 Å². The van der Waals surface area contributed by atoms with Gasteiger partial charge in [-0.05, 0) is 31.5 Å². The van der Waals surface area contributed by atoms with Gasteiger partial charge in [0.05, 0.1) is 16.2 Å². The number of aromatic nitrogens is 4. The lowest BCUT2D eigenvalue weighted by Crippen LogP contribution is -2.19. The van der Waals surface area contributed by atoms with Crippen molar-refractivity contribution in [2.75, 3.05) is 0 Å². The fraction of sp³-hybridized carbons (Fsp3) is 0.235. The summed E-state index contributed by atoms with van der Waals surface area (Å²) in [6.45, 7) is 3.69. The fourth-order valence-electron chi connectivity index (χ4n) is 2.76. The average Bonchev–Trinajstić information content (AvgIpc) is 2.91. The van der Waals surface area contributed by atoms with E-state index in [0.29, 0.717) is 23.6 Å². The molecule has 3 rings (SSSR count). The molecule has 140 valence electrons. The van der Waals surface area contributed by atoms with Gasteiger partial charge in [0, 0.05) is 10.7 Å². The van der Waals surface area contributed by atoms with Crippen molar-refractivity contribution in [2.45, 2.75) is 31.6 Å². The van der Waals surface area contributed by atoms with E-state index in [1.165, 1.54) is 22.6 Å². The van der Waals surface area contributed by atoms with Gasteiger partial charge in [0.25, 0.3) is 9.05 Å². The molecule has 0 aliphatic heterocycles. The van der Waals surface area contributed by atoms with E-state index in [1.54, 1.807) is 6.92 Å². The zero-order chi connectivity index (χ0) is 19.8. The molecule has 2 aromatic heterocycles. The highest BCUT2D eigenvalue weighted by atomic mass is 35.7. The van der Waals surface area contributed by atoms with Gasteiger partial charge >= 0.3 is 5.69 Å². The van der Waals surface area contributed by atoms with Gasteiger partial charge in [0.1, 0.15) is 17.8 Å². The van der Waals surface area contributed by atoms with Crippen LogP contribution < -0.4 is 10.4 Å². The minimum absolute atomic E-state index is 0.0946. The Balaban J connectivity index is 2.33. The molecule has 0 bridgehead atoms. The number of hydrogen-bond donors (Lipinski definition) is 1. The molecular formula is C17H15ClN4O4S. The minimum atomic E-state index is -4.00. The van der Waals surface area contributed by atoms with Crippen LogP contribution in [-0.2, 0) is 15.5 Å². The molecule has 0 amide bonds. The van der Waals surface area contributed by atoms with E-state index in [9.17, 15) is 13.2 Å². The van der Waals surface area contributed by atoms with Crippen LogP contribution in [0.2, 0.25) is 0 Å². The Labute approximate surface area is 159 Å². The first-order chi connectivity index (χ1) is 12.8. The molecule has 1 aromatic carbocycles. The van der Waals surface area contributed by atoms with Crippen molar-refractivity contribution in [2.24, 2.45) is 0 Å². The van der Waals surface area contributed by atoms with Gasteiger partial charge < -0.3 is 4.74 Å². The first kappa shape index (κ1) is 18.9. The maximum absolute atomic E-state index is 12.6. The first-order valence-electron chi connectivity index (χ1n) is 7.96. The zero-order valence-corrected chi connectivity index (χ0v) is 16.1. The zero-order valence-electron chi connectivity index (χ0n) is 14.5. The average molecular weight is 407 g/mol. The molecule has 0 saturated heterocycles. The van der Waals surface area contributed by atoms with Crippen molar-refractivity contribution >= 4 is 25.4 Å². The number of ether oxygens (including phenoxy) is 1. The normalized spacial score (nSPS) is 11.5. The highest BCUT2D eigenvalue weighted by Gasteiger charge is 2.19. The second-order valence-corrected chi connectivity index (χ2v) is 8.29. The first-order valence-corrected chi connectivity index (χ1v) is 10.3. The molecule has 0 saturated carbocycles. The van der Waals surface area contributed by atoms with E-state index in [4.69, 9.17) is 21.8 Å². The quantitative estimate of drug-likeness (QED) is 0.514. The summed E-state index contributed by atoms with van der Waals surface area (Å²) in [6, 6.07) is 3.84. The summed E-state index contributed by atoms with van der Waals surface area (Å²) in [5.41, 5.74) is 0.783. The third-order valence-electron chi connectivity index (χ3n) is 3.88. The molecule has 2 heterocycles. The lowest BCUT2D eigenvalue weighted by molar-refractivity contribution is 0.521. The van der Waals surface area contributed by atoms with Crippen LogP contribution in [-0.4, -0.2) is 27.8 Å². The molecule has 10 heteroatoms. The van der Waals surface area contributed by atoms with Crippen LogP contribution in [0.15, 0.2) is 27.9 Å². The number of H-pyrrole nitrogens is 1. The van der Waals surface area contributed by atoms with E-state index in [-0.39, 0.29) is 22.0 Å². The van der Waals surface area contributed by atoms with E-state index in [1.807, 2.05) is 13.0 Å². The van der Waals surface area contributed by atoms with E-state index in [2.05, 4.69) is 15.0 Å². The van der Waals surface area contributed by atoms with Gasteiger partial charge in [-0.2, -0.15) is 0 Å². The van der Waals surface area contributed by atoms with Crippen LogP contribution in [0.1, 0.15) is 24.9 Å². The summed E-state index contributed by atoms with van der Waals surface area (Å²) in [6.07, 6.45) is 8.67. The molecule has 0 radical (unpaired) electrons. The number of fused-ring (bicyclic) bond motifs is 1. The van der Waals surface area contributed by atoms with Crippen molar-refractivity contribution in [3.05, 3.63) is 40.2 Å². The van der Waals surface area contributed by atoms with Crippen molar-refractivity contribution in [1.82, 2.24) is 19.4 Å². The molecule has 0 fully saturated rings. The molecule has 0 spiro atoms. The predicted octanol–water partition coefficient (Wildman–Crippen LogP) is 2.24. The third-order valence-corrected chi connectivity index (χ3v) is 5.23. The molecule has 0 aliphatic rings. The highest BCUT2D eigenvalue weighted by Crippen LogP contribution is 2.31. The number of benzene rings is 1. The summed E-state index contributed by atoms with van der Waals surface area (Å²) in [5, 5.41) is 0. The maximum Gasteiger partial charge on any atom is 0.334 e. The van der Waals surface area contributed by atoms with Crippen molar-refractivity contribution in [3.8, 4) is 29.7 Å².